The van der Waals surface area contributed by atoms with Crippen molar-refractivity contribution in [1.29, 1.82) is 0 Å². The first-order valence-electron chi connectivity index (χ1n) is 5.86. The minimum Gasteiger partial charge on any atom is -0.480 e. The lowest BCUT2D eigenvalue weighted by Crippen LogP contribution is -2.40. The van der Waals surface area contributed by atoms with E-state index in [4.69, 9.17) is 0 Å². The molecular formula is C12H12BrN3O2S. The number of thiophene rings is 1. The first-order valence-corrected chi connectivity index (χ1v) is 7.59. The summed E-state index contributed by atoms with van der Waals surface area (Å²) in [6.45, 7) is 2.00. The van der Waals surface area contributed by atoms with Crippen LogP contribution in [0.3, 0.4) is 0 Å². The van der Waals surface area contributed by atoms with Crippen molar-refractivity contribution in [3.63, 3.8) is 0 Å². The highest BCUT2D eigenvalue weighted by molar-refractivity contribution is 9.10. The molecule has 0 spiro atoms. The highest BCUT2D eigenvalue weighted by Crippen LogP contribution is 2.29. The van der Waals surface area contributed by atoms with Crippen molar-refractivity contribution >= 4 is 33.2 Å². The molecule has 100 valence electrons. The van der Waals surface area contributed by atoms with Gasteiger partial charge >= 0.3 is 5.97 Å². The number of aliphatic carboxylic acids is 1. The second kappa shape index (κ2) is 5.07. The van der Waals surface area contributed by atoms with Gasteiger partial charge in [0, 0.05) is 13.1 Å². The Morgan fingerprint density at radius 1 is 1.53 bits per heavy atom. The van der Waals surface area contributed by atoms with Gasteiger partial charge in [0.1, 0.15) is 6.04 Å². The lowest BCUT2D eigenvalue weighted by Gasteiger charge is -2.32. The van der Waals surface area contributed by atoms with Crippen molar-refractivity contribution in [3.05, 3.63) is 38.8 Å². The van der Waals surface area contributed by atoms with Crippen LogP contribution in [0.2, 0.25) is 0 Å². The molecule has 5 nitrogen and oxygen atoms in total. The van der Waals surface area contributed by atoms with E-state index in [9.17, 15) is 9.90 Å². The Hall–Kier alpha value is -1.18. The molecule has 0 radical (unpaired) electrons. The molecule has 2 aromatic heterocycles. The van der Waals surface area contributed by atoms with Crippen molar-refractivity contribution in [2.75, 3.05) is 6.54 Å². The Labute approximate surface area is 122 Å². The molecular weight excluding hydrogens is 330 g/mol. The molecule has 1 N–H and O–H groups in total. The normalized spacial score (nSPS) is 17.1. The zero-order valence-electron chi connectivity index (χ0n) is 9.99. The first-order chi connectivity index (χ1) is 9.16. The van der Waals surface area contributed by atoms with Crippen molar-refractivity contribution in [1.82, 2.24) is 14.7 Å². The van der Waals surface area contributed by atoms with E-state index in [-0.39, 0.29) is 0 Å². The molecule has 0 saturated heterocycles. The zero-order chi connectivity index (χ0) is 13.4. The third-order valence-electron chi connectivity index (χ3n) is 3.31. The van der Waals surface area contributed by atoms with Gasteiger partial charge in [0.15, 0.2) is 0 Å². The van der Waals surface area contributed by atoms with Crippen molar-refractivity contribution < 1.29 is 9.90 Å². The largest absolute Gasteiger partial charge is 0.480 e. The van der Waals surface area contributed by atoms with Gasteiger partial charge in [-0.25, -0.2) is 0 Å². The summed E-state index contributed by atoms with van der Waals surface area (Å²) in [5.41, 5.74) is 1.88. The summed E-state index contributed by atoms with van der Waals surface area (Å²) in [4.78, 5) is 13.5. The molecule has 3 rings (SSSR count). The maximum absolute atomic E-state index is 11.6. The van der Waals surface area contributed by atoms with Crippen molar-refractivity contribution in [2.24, 2.45) is 0 Å². The number of aromatic nitrogens is 2. The van der Waals surface area contributed by atoms with Gasteiger partial charge in [-0.2, -0.15) is 16.4 Å². The molecule has 7 heteroatoms. The number of carbonyl (C=O) groups is 1. The molecule has 0 fully saturated rings. The molecule has 0 amide bonds. The van der Waals surface area contributed by atoms with E-state index in [1.807, 2.05) is 26.4 Å². The van der Waals surface area contributed by atoms with Crippen molar-refractivity contribution in [3.8, 4) is 0 Å². The Bertz CT molecular complexity index is 596. The molecule has 2 aromatic rings. The van der Waals surface area contributed by atoms with E-state index in [0.29, 0.717) is 13.1 Å². The average Bonchev–Trinajstić information content (AvgIpc) is 3.01. The van der Waals surface area contributed by atoms with Crippen LogP contribution >= 0.6 is 27.3 Å². The number of rotatable bonds is 3. The molecule has 1 atom stereocenters. The third-order valence-corrected chi connectivity index (χ3v) is 4.67. The summed E-state index contributed by atoms with van der Waals surface area (Å²) in [6, 6.07) is 1.30. The third kappa shape index (κ3) is 2.33. The monoisotopic (exact) mass is 341 g/mol. The van der Waals surface area contributed by atoms with Crippen LogP contribution in [0.25, 0.3) is 0 Å². The summed E-state index contributed by atoms with van der Waals surface area (Å²) in [5, 5.41) is 17.6. The number of carboxylic acid groups (broad SMARTS) is 1. The minimum atomic E-state index is -0.803. The van der Waals surface area contributed by atoms with Gasteiger partial charge in [0.2, 0.25) is 0 Å². The number of fused-ring (bicyclic) bond motifs is 1. The van der Waals surface area contributed by atoms with E-state index in [2.05, 4.69) is 21.0 Å². The Morgan fingerprint density at radius 2 is 2.37 bits per heavy atom. The standard InChI is InChI=1S/C12H12BrN3O2S/c13-9-5-14-16-3-2-15(6-10(9)16)11(12(17)18)8-1-4-19-7-8/h1,4-5,7,11H,2-3,6H2,(H,17,18). The van der Waals surface area contributed by atoms with Crippen LogP contribution in [-0.2, 0) is 17.9 Å². The summed E-state index contributed by atoms with van der Waals surface area (Å²) >= 11 is 4.98. The van der Waals surface area contributed by atoms with Crippen LogP contribution in [0, 0.1) is 0 Å². The summed E-state index contributed by atoms with van der Waals surface area (Å²) in [5.74, 6) is -0.803. The van der Waals surface area contributed by atoms with Gasteiger partial charge in [-0.3, -0.25) is 14.4 Å². The molecule has 3 heterocycles. The van der Waals surface area contributed by atoms with Crippen LogP contribution in [0.4, 0.5) is 0 Å². The van der Waals surface area contributed by atoms with Crippen LogP contribution in [0.1, 0.15) is 17.3 Å². The zero-order valence-corrected chi connectivity index (χ0v) is 12.4. The Kier molecular flexibility index (Phi) is 3.42. The summed E-state index contributed by atoms with van der Waals surface area (Å²) in [6.07, 6.45) is 1.76. The molecule has 0 aliphatic carbocycles. The lowest BCUT2D eigenvalue weighted by atomic mass is 10.1. The summed E-state index contributed by atoms with van der Waals surface area (Å²) in [7, 11) is 0. The second-order valence-electron chi connectivity index (χ2n) is 4.43. The highest BCUT2D eigenvalue weighted by Gasteiger charge is 2.31. The van der Waals surface area contributed by atoms with E-state index >= 15 is 0 Å². The second-order valence-corrected chi connectivity index (χ2v) is 6.06. The number of nitrogens with zero attached hydrogens (tertiary/aromatic N) is 3. The molecule has 1 aliphatic heterocycles. The molecule has 0 aromatic carbocycles. The highest BCUT2D eigenvalue weighted by atomic mass is 79.9. The topological polar surface area (TPSA) is 58.4 Å². The SMILES string of the molecule is O=C(O)C(c1ccsc1)N1CCn2ncc(Br)c2C1. The number of carboxylic acids is 1. The molecule has 0 saturated carbocycles. The average molecular weight is 342 g/mol. The number of hydrogen-bond donors (Lipinski definition) is 1. The van der Waals surface area contributed by atoms with Crippen molar-refractivity contribution in [2.45, 2.75) is 19.1 Å². The molecule has 1 aliphatic rings. The fourth-order valence-electron chi connectivity index (χ4n) is 2.39. The Morgan fingerprint density at radius 3 is 3.05 bits per heavy atom. The van der Waals surface area contributed by atoms with Crippen LogP contribution in [0.15, 0.2) is 27.5 Å². The summed E-state index contributed by atoms with van der Waals surface area (Å²) < 4.78 is 2.86. The quantitative estimate of drug-likeness (QED) is 0.930. The fourth-order valence-corrected chi connectivity index (χ4v) is 3.49. The van der Waals surface area contributed by atoms with Gasteiger partial charge in [0.05, 0.1) is 22.9 Å². The number of hydrogen-bond acceptors (Lipinski definition) is 4. The van der Waals surface area contributed by atoms with Gasteiger partial charge in [-0.05, 0) is 38.3 Å². The van der Waals surface area contributed by atoms with Crippen LogP contribution < -0.4 is 0 Å². The maximum atomic E-state index is 11.6. The predicted octanol–water partition coefficient (Wildman–Crippen LogP) is 2.35. The number of halogens is 1. The fraction of sp³-hybridized carbons (Fsp3) is 0.333. The van der Waals surface area contributed by atoms with E-state index in [1.54, 1.807) is 6.20 Å². The van der Waals surface area contributed by atoms with E-state index in [1.165, 1.54) is 11.3 Å². The molecule has 19 heavy (non-hydrogen) atoms. The predicted molar refractivity (Wildman–Crippen MR) is 75.0 cm³/mol. The van der Waals surface area contributed by atoms with Gasteiger partial charge in [-0.1, -0.05) is 0 Å². The van der Waals surface area contributed by atoms with Crippen LogP contribution in [-0.4, -0.2) is 32.3 Å². The smallest absolute Gasteiger partial charge is 0.325 e. The maximum Gasteiger partial charge on any atom is 0.325 e. The Balaban J connectivity index is 1.90. The molecule has 0 bridgehead atoms. The van der Waals surface area contributed by atoms with E-state index in [0.717, 1.165) is 22.3 Å². The lowest BCUT2D eigenvalue weighted by molar-refractivity contribution is -0.144. The van der Waals surface area contributed by atoms with E-state index < -0.39 is 12.0 Å². The van der Waals surface area contributed by atoms with Gasteiger partial charge < -0.3 is 5.11 Å². The minimum absolute atomic E-state index is 0.582. The van der Waals surface area contributed by atoms with Crippen LogP contribution in [0.5, 0.6) is 0 Å². The molecule has 1 unspecified atom stereocenters. The van der Waals surface area contributed by atoms with Gasteiger partial charge in [0.25, 0.3) is 0 Å². The first kappa shape index (κ1) is 12.8. The van der Waals surface area contributed by atoms with Gasteiger partial charge in [-0.15, -0.1) is 0 Å².